The molecule has 1 fully saturated rings. The van der Waals surface area contributed by atoms with E-state index >= 15 is 0 Å². The summed E-state index contributed by atoms with van der Waals surface area (Å²) < 4.78 is 75.5. The Morgan fingerprint density at radius 2 is 1.54 bits per heavy atom. The smallest absolute Gasteiger partial charge is 0.497 e. The first kappa shape index (κ1) is 24.8. The van der Waals surface area contributed by atoms with Crippen LogP contribution >= 0.6 is 0 Å². The van der Waals surface area contributed by atoms with Crippen LogP contribution in [0.1, 0.15) is 0 Å². The zero-order chi connectivity index (χ0) is 26.2. The summed E-state index contributed by atoms with van der Waals surface area (Å²) >= 11 is 0. The normalized spacial score (nSPS) is 15.2. The standard InChI is InChI=1S/C23H21F3N6O4S/c1-35-17-4-2-16(3-5-17)20-14-27-22-28-15-29-32(22)21(20)30-10-12-31(13-11-30)37(33,34)19-8-6-18(7-9-19)36-23(24,25)26/h2-9,14-15H,10-13H2,1H3. The number of rotatable bonds is 6. The number of halogens is 3. The zero-order valence-electron chi connectivity index (χ0n) is 19.5. The van der Waals surface area contributed by atoms with Crippen LogP contribution in [-0.2, 0) is 10.0 Å². The summed E-state index contributed by atoms with van der Waals surface area (Å²) in [5.41, 5.74) is 1.66. The summed E-state index contributed by atoms with van der Waals surface area (Å²) in [5.74, 6) is 1.34. The highest BCUT2D eigenvalue weighted by molar-refractivity contribution is 7.89. The monoisotopic (exact) mass is 534 g/mol. The fraction of sp³-hybridized carbons (Fsp3) is 0.261. The molecule has 3 heterocycles. The molecule has 10 nitrogen and oxygen atoms in total. The Kier molecular flexibility index (Phi) is 6.37. The van der Waals surface area contributed by atoms with Crippen LogP contribution in [0.4, 0.5) is 19.0 Å². The number of fused-ring (bicyclic) bond motifs is 1. The Morgan fingerprint density at radius 1 is 0.892 bits per heavy atom. The van der Waals surface area contributed by atoms with Crippen molar-refractivity contribution in [1.29, 1.82) is 0 Å². The third-order valence-corrected chi connectivity index (χ3v) is 7.83. The number of anilines is 1. The maximum absolute atomic E-state index is 13.1. The van der Waals surface area contributed by atoms with Gasteiger partial charge in [0.1, 0.15) is 23.6 Å². The van der Waals surface area contributed by atoms with Gasteiger partial charge in [-0.1, -0.05) is 12.1 Å². The number of hydrogen-bond donors (Lipinski definition) is 0. The molecule has 0 saturated carbocycles. The average molecular weight is 535 g/mol. The highest BCUT2D eigenvalue weighted by Crippen LogP contribution is 2.33. The van der Waals surface area contributed by atoms with Crippen molar-refractivity contribution in [2.75, 3.05) is 38.2 Å². The molecule has 1 aliphatic rings. The van der Waals surface area contributed by atoms with Crippen LogP contribution in [0.25, 0.3) is 16.9 Å². The summed E-state index contributed by atoms with van der Waals surface area (Å²) in [6, 6.07) is 11.6. The maximum atomic E-state index is 13.1. The van der Waals surface area contributed by atoms with E-state index in [0.29, 0.717) is 24.6 Å². The van der Waals surface area contributed by atoms with Gasteiger partial charge in [-0.2, -0.15) is 18.9 Å². The number of hydrogen-bond acceptors (Lipinski definition) is 8. The lowest BCUT2D eigenvalue weighted by molar-refractivity contribution is -0.274. The van der Waals surface area contributed by atoms with Crippen molar-refractivity contribution < 1.29 is 31.1 Å². The number of benzene rings is 2. The van der Waals surface area contributed by atoms with Crippen LogP contribution in [0.2, 0.25) is 0 Å². The molecule has 2 aromatic carbocycles. The molecule has 194 valence electrons. The average Bonchev–Trinajstić information content (AvgIpc) is 3.37. The second-order valence-electron chi connectivity index (χ2n) is 8.11. The van der Waals surface area contributed by atoms with E-state index < -0.39 is 22.1 Å². The van der Waals surface area contributed by atoms with Gasteiger partial charge in [-0.15, -0.1) is 13.2 Å². The molecule has 5 rings (SSSR count). The van der Waals surface area contributed by atoms with Crippen molar-refractivity contribution >= 4 is 21.6 Å². The number of nitrogens with zero attached hydrogens (tertiary/aromatic N) is 6. The molecule has 14 heteroatoms. The van der Waals surface area contributed by atoms with Crippen molar-refractivity contribution in [1.82, 2.24) is 23.9 Å². The van der Waals surface area contributed by atoms with E-state index in [9.17, 15) is 21.6 Å². The molecule has 1 aliphatic heterocycles. The van der Waals surface area contributed by atoms with Gasteiger partial charge in [-0.05, 0) is 42.0 Å². The molecule has 0 amide bonds. The van der Waals surface area contributed by atoms with Crippen molar-refractivity contribution in [3.05, 3.63) is 61.1 Å². The van der Waals surface area contributed by atoms with Gasteiger partial charge in [-0.25, -0.2) is 13.4 Å². The summed E-state index contributed by atoms with van der Waals surface area (Å²) in [6.07, 6.45) is -1.75. The first-order valence-corrected chi connectivity index (χ1v) is 12.5. The minimum absolute atomic E-state index is 0.114. The van der Waals surface area contributed by atoms with Gasteiger partial charge in [-0.3, -0.25) is 0 Å². The lowest BCUT2D eigenvalue weighted by atomic mass is 10.1. The number of aromatic nitrogens is 4. The quantitative estimate of drug-likeness (QED) is 0.372. The molecule has 1 saturated heterocycles. The Hall–Kier alpha value is -3.91. The largest absolute Gasteiger partial charge is 0.573 e. The highest BCUT2D eigenvalue weighted by atomic mass is 32.2. The Balaban J connectivity index is 1.38. The number of ether oxygens (including phenoxy) is 2. The fourth-order valence-electron chi connectivity index (χ4n) is 4.15. The van der Waals surface area contributed by atoms with E-state index in [1.807, 2.05) is 29.2 Å². The molecular weight excluding hydrogens is 513 g/mol. The predicted octanol–water partition coefficient (Wildman–Crippen LogP) is 3.21. The van der Waals surface area contributed by atoms with E-state index in [2.05, 4.69) is 19.8 Å². The second kappa shape index (κ2) is 9.52. The maximum Gasteiger partial charge on any atom is 0.573 e. The molecule has 0 aliphatic carbocycles. The van der Waals surface area contributed by atoms with Crippen LogP contribution in [0, 0.1) is 0 Å². The van der Waals surface area contributed by atoms with Crippen LogP contribution in [0.5, 0.6) is 11.5 Å². The van der Waals surface area contributed by atoms with E-state index in [1.54, 1.807) is 17.8 Å². The predicted molar refractivity (Wildman–Crippen MR) is 127 cm³/mol. The molecule has 0 radical (unpaired) electrons. The SMILES string of the molecule is COc1ccc(-c2cnc3ncnn3c2N2CCN(S(=O)(=O)c3ccc(OC(F)(F)F)cc3)CC2)cc1. The van der Waals surface area contributed by atoms with Crippen LogP contribution in [0.3, 0.4) is 0 Å². The van der Waals surface area contributed by atoms with Gasteiger partial charge in [0.05, 0.1) is 12.0 Å². The van der Waals surface area contributed by atoms with E-state index in [1.165, 1.54) is 10.6 Å². The summed E-state index contributed by atoms with van der Waals surface area (Å²) in [4.78, 5) is 10.4. The lowest BCUT2D eigenvalue weighted by Crippen LogP contribution is -2.49. The lowest BCUT2D eigenvalue weighted by Gasteiger charge is -2.36. The first-order valence-electron chi connectivity index (χ1n) is 11.1. The van der Waals surface area contributed by atoms with Crippen molar-refractivity contribution in [2.24, 2.45) is 0 Å². The van der Waals surface area contributed by atoms with Gasteiger partial charge < -0.3 is 14.4 Å². The zero-order valence-corrected chi connectivity index (χ0v) is 20.3. The first-order chi connectivity index (χ1) is 17.7. The minimum atomic E-state index is -4.86. The summed E-state index contributed by atoms with van der Waals surface area (Å²) in [5, 5.41) is 4.32. The van der Waals surface area contributed by atoms with Gasteiger partial charge in [0.2, 0.25) is 10.0 Å². The third kappa shape index (κ3) is 5.02. The molecule has 0 bridgehead atoms. The molecule has 0 spiro atoms. The molecular formula is C23H21F3N6O4S. The van der Waals surface area contributed by atoms with E-state index in [4.69, 9.17) is 4.74 Å². The number of sulfonamides is 1. The molecule has 4 aromatic rings. The van der Waals surface area contributed by atoms with Crippen LogP contribution < -0.4 is 14.4 Å². The summed E-state index contributed by atoms with van der Waals surface area (Å²) in [6.45, 7) is 1.00. The van der Waals surface area contributed by atoms with E-state index in [-0.39, 0.29) is 18.0 Å². The number of alkyl halides is 3. The Morgan fingerprint density at radius 3 is 2.16 bits per heavy atom. The number of piperazine rings is 1. The summed E-state index contributed by atoms with van der Waals surface area (Å²) in [7, 11) is -2.34. The second-order valence-corrected chi connectivity index (χ2v) is 10.0. The molecule has 2 aromatic heterocycles. The van der Waals surface area contributed by atoms with Gasteiger partial charge in [0, 0.05) is 37.9 Å². The molecule has 0 unspecified atom stereocenters. The molecule has 37 heavy (non-hydrogen) atoms. The topological polar surface area (TPSA) is 102 Å². The van der Waals surface area contributed by atoms with Crippen molar-refractivity contribution in [2.45, 2.75) is 11.3 Å². The van der Waals surface area contributed by atoms with Gasteiger partial charge in [0.25, 0.3) is 5.78 Å². The molecule has 0 N–H and O–H groups in total. The van der Waals surface area contributed by atoms with E-state index in [0.717, 1.165) is 41.2 Å². The Bertz CT molecular complexity index is 1500. The highest BCUT2D eigenvalue weighted by Gasteiger charge is 2.33. The fourth-order valence-corrected chi connectivity index (χ4v) is 5.57. The third-order valence-electron chi connectivity index (χ3n) is 5.91. The van der Waals surface area contributed by atoms with Crippen molar-refractivity contribution in [3.63, 3.8) is 0 Å². The number of methoxy groups -OCH3 is 1. The Labute approximate surface area is 209 Å². The van der Waals surface area contributed by atoms with Crippen molar-refractivity contribution in [3.8, 4) is 22.6 Å². The van der Waals surface area contributed by atoms with Crippen LogP contribution in [-0.4, -0.2) is 72.0 Å². The van der Waals surface area contributed by atoms with Crippen LogP contribution in [0.15, 0.2) is 66.0 Å². The van der Waals surface area contributed by atoms with Gasteiger partial charge >= 0.3 is 6.36 Å². The van der Waals surface area contributed by atoms with Gasteiger partial charge in [0.15, 0.2) is 0 Å². The molecule has 0 atom stereocenters. The minimum Gasteiger partial charge on any atom is -0.497 e.